The minimum absolute atomic E-state index is 0.127. The molecule has 2 aromatic carbocycles. The van der Waals surface area contributed by atoms with Crippen LogP contribution < -0.4 is 5.32 Å². The fourth-order valence-electron chi connectivity index (χ4n) is 2.65. The van der Waals surface area contributed by atoms with Crippen LogP contribution in [0.3, 0.4) is 0 Å². The number of hydrogen-bond acceptors (Lipinski definition) is 4. The van der Waals surface area contributed by atoms with Gasteiger partial charge in [-0.2, -0.15) is 0 Å². The van der Waals surface area contributed by atoms with E-state index in [1.807, 2.05) is 37.6 Å². The number of aromatic nitrogens is 3. The van der Waals surface area contributed by atoms with Crippen molar-refractivity contribution in [2.75, 3.05) is 0 Å². The Labute approximate surface area is 172 Å². The van der Waals surface area contributed by atoms with Crippen LogP contribution in [-0.4, -0.2) is 25.9 Å². The van der Waals surface area contributed by atoms with Crippen molar-refractivity contribution in [2.45, 2.75) is 30.3 Å². The van der Waals surface area contributed by atoms with Crippen LogP contribution in [0, 0.1) is 5.82 Å². The molecule has 0 bridgehead atoms. The van der Waals surface area contributed by atoms with E-state index in [-0.39, 0.29) is 23.0 Å². The number of halogens is 2. The molecule has 1 N–H and O–H groups in total. The Hall–Kier alpha value is -2.38. The van der Waals surface area contributed by atoms with E-state index in [2.05, 4.69) is 15.5 Å². The third-order valence-electron chi connectivity index (χ3n) is 4.32. The lowest BCUT2D eigenvalue weighted by Crippen LogP contribution is -2.33. The Balaban J connectivity index is 1.65. The summed E-state index contributed by atoms with van der Waals surface area (Å²) in [5, 5.41) is 12.3. The maximum absolute atomic E-state index is 13.1. The highest BCUT2D eigenvalue weighted by Crippen LogP contribution is 2.27. The summed E-state index contributed by atoms with van der Waals surface area (Å²) in [7, 11) is 1.86. The van der Waals surface area contributed by atoms with Crippen molar-refractivity contribution in [1.82, 2.24) is 20.1 Å². The van der Waals surface area contributed by atoms with Crippen molar-refractivity contribution < 1.29 is 9.18 Å². The highest BCUT2D eigenvalue weighted by atomic mass is 35.5. The highest BCUT2D eigenvalue weighted by Gasteiger charge is 2.21. The van der Waals surface area contributed by atoms with Crippen molar-refractivity contribution in [3.05, 3.63) is 64.9 Å². The molecule has 0 saturated carbocycles. The summed E-state index contributed by atoms with van der Waals surface area (Å²) in [4.78, 5) is 12.5. The quantitative estimate of drug-likeness (QED) is 0.593. The van der Waals surface area contributed by atoms with Crippen molar-refractivity contribution >= 4 is 29.3 Å². The van der Waals surface area contributed by atoms with Gasteiger partial charge >= 0.3 is 0 Å². The summed E-state index contributed by atoms with van der Waals surface area (Å²) in [6, 6.07) is 13.2. The zero-order valence-corrected chi connectivity index (χ0v) is 17.3. The third-order valence-corrected chi connectivity index (χ3v) is 5.70. The second-order valence-electron chi connectivity index (χ2n) is 6.41. The van der Waals surface area contributed by atoms with Gasteiger partial charge in [-0.15, -0.1) is 10.2 Å². The van der Waals surface area contributed by atoms with Crippen molar-refractivity contribution in [2.24, 2.45) is 7.05 Å². The van der Waals surface area contributed by atoms with E-state index < -0.39 is 0 Å². The van der Waals surface area contributed by atoms with Crippen LogP contribution in [0.5, 0.6) is 0 Å². The van der Waals surface area contributed by atoms with Crippen molar-refractivity contribution in [3.63, 3.8) is 0 Å². The molecule has 8 heteroatoms. The fraction of sp³-hybridized carbons (Fsp3) is 0.250. The van der Waals surface area contributed by atoms with Crippen LogP contribution >= 0.6 is 23.4 Å². The monoisotopic (exact) mass is 418 g/mol. The Morgan fingerprint density at radius 1 is 1.11 bits per heavy atom. The first-order chi connectivity index (χ1) is 13.3. The van der Waals surface area contributed by atoms with Crippen LogP contribution in [0.25, 0.3) is 11.4 Å². The molecule has 0 unspecified atom stereocenters. The number of carbonyl (C=O) groups is 1. The van der Waals surface area contributed by atoms with Gasteiger partial charge in [0.05, 0.1) is 11.3 Å². The average molecular weight is 419 g/mol. The van der Waals surface area contributed by atoms with E-state index >= 15 is 0 Å². The molecule has 2 atom stereocenters. The molecule has 0 saturated heterocycles. The van der Waals surface area contributed by atoms with Gasteiger partial charge in [0.15, 0.2) is 11.0 Å². The van der Waals surface area contributed by atoms with E-state index in [1.54, 1.807) is 24.3 Å². The summed E-state index contributed by atoms with van der Waals surface area (Å²) >= 11 is 7.26. The molecule has 28 heavy (non-hydrogen) atoms. The minimum atomic E-state index is -0.371. The number of carbonyl (C=O) groups excluding carboxylic acids is 1. The molecule has 0 radical (unpaired) electrons. The van der Waals surface area contributed by atoms with E-state index in [1.165, 1.54) is 23.9 Å². The summed E-state index contributed by atoms with van der Waals surface area (Å²) in [6.45, 7) is 3.68. The molecular formula is C20H20ClFN4OS. The van der Waals surface area contributed by atoms with Gasteiger partial charge in [-0.05, 0) is 55.8 Å². The molecule has 3 rings (SSSR count). The number of hydrogen-bond donors (Lipinski definition) is 1. The first-order valence-corrected chi connectivity index (χ1v) is 9.98. The van der Waals surface area contributed by atoms with Crippen LogP contribution in [0.1, 0.15) is 25.5 Å². The number of nitrogens with one attached hydrogen (secondary N) is 1. The second-order valence-corrected chi connectivity index (χ2v) is 8.16. The number of amides is 1. The van der Waals surface area contributed by atoms with Crippen LogP contribution in [0.2, 0.25) is 5.02 Å². The number of nitrogens with zero attached hydrogens (tertiary/aromatic N) is 3. The van der Waals surface area contributed by atoms with E-state index in [9.17, 15) is 9.18 Å². The minimum Gasteiger partial charge on any atom is -0.349 e. The standard InChI is InChI=1S/C20H20ClFN4OS/c1-12(14-6-10-17(22)11-7-14)23-19(27)13(2)28-20-25-24-18(26(20)3)15-4-8-16(21)9-5-15/h4-13H,1-3H3,(H,23,27)/t12-,13-/m0/s1. The number of benzene rings is 2. The van der Waals surface area contributed by atoms with Crippen LogP contribution in [0.15, 0.2) is 53.7 Å². The SMILES string of the molecule is C[C@H](Sc1nnc(-c2ccc(Cl)cc2)n1C)C(=O)N[C@@H](C)c1ccc(F)cc1. The predicted octanol–water partition coefficient (Wildman–Crippen LogP) is 4.63. The molecule has 1 aromatic heterocycles. The maximum atomic E-state index is 13.1. The number of rotatable bonds is 6. The van der Waals surface area contributed by atoms with Gasteiger partial charge in [-0.25, -0.2) is 4.39 Å². The van der Waals surface area contributed by atoms with Gasteiger partial charge in [0.2, 0.25) is 5.91 Å². The Kier molecular flexibility index (Phi) is 6.36. The third kappa shape index (κ3) is 4.72. The summed E-state index contributed by atoms with van der Waals surface area (Å²) < 4.78 is 14.9. The summed E-state index contributed by atoms with van der Waals surface area (Å²) in [5.41, 5.74) is 1.74. The molecule has 5 nitrogen and oxygen atoms in total. The molecule has 1 amide bonds. The first kappa shape index (κ1) is 20.4. The van der Waals surface area contributed by atoms with E-state index in [4.69, 9.17) is 11.6 Å². The van der Waals surface area contributed by atoms with Gasteiger partial charge in [-0.3, -0.25) is 4.79 Å². The van der Waals surface area contributed by atoms with Gasteiger partial charge in [0.25, 0.3) is 0 Å². The normalized spacial score (nSPS) is 13.2. The first-order valence-electron chi connectivity index (χ1n) is 8.73. The van der Waals surface area contributed by atoms with E-state index in [0.29, 0.717) is 16.0 Å². The highest BCUT2D eigenvalue weighted by molar-refractivity contribution is 8.00. The molecule has 0 aliphatic heterocycles. The number of thioether (sulfide) groups is 1. The smallest absolute Gasteiger partial charge is 0.233 e. The van der Waals surface area contributed by atoms with Gasteiger partial charge in [0.1, 0.15) is 5.82 Å². The lowest BCUT2D eigenvalue weighted by Gasteiger charge is -2.17. The lowest BCUT2D eigenvalue weighted by molar-refractivity contribution is -0.120. The maximum Gasteiger partial charge on any atom is 0.233 e. The van der Waals surface area contributed by atoms with Crippen molar-refractivity contribution in [3.8, 4) is 11.4 Å². The molecule has 0 aliphatic carbocycles. The molecule has 1 heterocycles. The van der Waals surface area contributed by atoms with Crippen LogP contribution in [-0.2, 0) is 11.8 Å². The second kappa shape index (κ2) is 8.75. The molecule has 0 aliphatic rings. The largest absolute Gasteiger partial charge is 0.349 e. The van der Waals surface area contributed by atoms with Crippen molar-refractivity contribution in [1.29, 1.82) is 0 Å². The Morgan fingerprint density at radius 2 is 1.75 bits per heavy atom. The average Bonchev–Trinajstić information content (AvgIpc) is 3.03. The molecule has 0 fully saturated rings. The summed E-state index contributed by atoms with van der Waals surface area (Å²) in [6.07, 6.45) is 0. The zero-order valence-electron chi connectivity index (χ0n) is 15.7. The van der Waals surface area contributed by atoms with Gasteiger partial charge < -0.3 is 9.88 Å². The molecule has 3 aromatic rings. The van der Waals surface area contributed by atoms with Crippen LogP contribution in [0.4, 0.5) is 4.39 Å². The molecule has 0 spiro atoms. The molecular weight excluding hydrogens is 399 g/mol. The lowest BCUT2D eigenvalue weighted by atomic mass is 10.1. The topological polar surface area (TPSA) is 59.8 Å². The Bertz CT molecular complexity index is 959. The van der Waals surface area contributed by atoms with E-state index in [0.717, 1.165) is 11.1 Å². The van der Waals surface area contributed by atoms with Gasteiger partial charge in [0, 0.05) is 17.6 Å². The fourth-order valence-corrected chi connectivity index (χ4v) is 3.59. The molecule has 146 valence electrons. The zero-order chi connectivity index (χ0) is 20.3. The predicted molar refractivity (Wildman–Crippen MR) is 110 cm³/mol. The summed E-state index contributed by atoms with van der Waals surface area (Å²) in [5.74, 6) is 0.272. The van der Waals surface area contributed by atoms with Gasteiger partial charge in [-0.1, -0.05) is 35.5 Å². The Morgan fingerprint density at radius 3 is 2.39 bits per heavy atom.